The molecule has 5 nitrogen and oxygen atoms in total. The van der Waals surface area contributed by atoms with Crippen LogP contribution in [0, 0.1) is 17.8 Å². The van der Waals surface area contributed by atoms with Crippen LogP contribution in [0.4, 0.5) is 0 Å². The molecular formula is C13H23NO4. The van der Waals surface area contributed by atoms with Crippen LogP contribution in [0.5, 0.6) is 0 Å². The van der Waals surface area contributed by atoms with Crippen LogP contribution in [0.25, 0.3) is 0 Å². The van der Waals surface area contributed by atoms with Crippen LogP contribution in [0.2, 0.25) is 0 Å². The van der Waals surface area contributed by atoms with Gasteiger partial charge in [-0.05, 0) is 24.7 Å². The summed E-state index contributed by atoms with van der Waals surface area (Å²) < 4.78 is 5.26. The number of amides is 1. The van der Waals surface area contributed by atoms with Crippen molar-refractivity contribution in [3.05, 3.63) is 0 Å². The predicted molar refractivity (Wildman–Crippen MR) is 67.1 cm³/mol. The largest absolute Gasteiger partial charge is 0.480 e. The molecule has 0 saturated carbocycles. The molecule has 1 aliphatic rings. The van der Waals surface area contributed by atoms with Crippen molar-refractivity contribution < 1.29 is 19.4 Å². The zero-order chi connectivity index (χ0) is 13.7. The molecule has 1 aliphatic heterocycles. The zero-order valence-electron chi connectivity index (χ0n) is 11.3. The van der Waals surface area contributed by atoms with E-state index in [1.807, 2.05) is 6.92 Å². The van der Waals surface area contributed by atoms with Crippen molar-refractivity contribution in [2.45, 2.75) is 39.7 Å². The molecular weight excluding hydrogens is 234 g/mol. The number of carboxylic acid groups (broad SMARTS) is 1. The molecule has 0 aliphatic carbocycles. The fourth-order valence-electron chi connectivity index (χ4n) is 2.23. The Bertz CT molecular complexity index is 297. The number of carboxylic acids is 1. The van der Waals surface area contributed by atoms with Crippen molar-refractivity contribution in [3.63, 3.8) is 0 Å². The van der Waals surface area contributed by atoms with Crippen molar-refractivity contribution >= 4 is 11.9 Å². The minimum absolute atomic E-state index is 0.117. The molecule has 1 heterocycles. The van der Waals surface area contributed by atoms with Crippen LogP contribution in [0.1, 0.15) is 33.6 Å². The highest BCUT2D eigenvalue weighted by Crippen LogP contribution is 2.23. The molecule has 0 spiro atoms. The molecule has 104 valence electrons. The summed E-state index contributed by atoms with van der Waals surface area (Å²) in [6, 6.07) is -0.806. The summed E-state index contributed by atoms with van der Waals surface area (Å²) in [6.07, 6.45) is 1.74. The molecule has 1 rings (SSSR count). The third-order valence-corrected chi connectivity index (χ3v) is 3.62. The second-order valence-corrected chi connectivity index (χ2v) is 5.31. The van der Waals surface area contributed by atoms with Gasteiger partial charge in [0.25, 0.3) is 0 Å². The van der Waals surface area contributed by atoms with Gasteiger partial charge in [0.2, 0.25) is 5.91 Å². The van der Waals surface area contributed by atoms with Gasteiger partial charge >= 0.3 is 5.97 Å². The summed E-state index contributed by atoms with van der Waals surface area (Å²) in [5.41, 5.74) is 0. The second kappa shape index (κ2) is 6.73. The normalized spacial score (nSPS) is 20.4. The Labute approximate surface area is 108 Å². The van der Waals surface area contributed by atoms with Crippen molar-refractivity contribution in [1.82, 2.24) is 5.32 Å². The molecule has 5 heteroatoms. The van der Waals surface area contributed by atoms with Gasteiger partial charge in [0.1, 0.15) is 6.04 Å². The highest BCUT2D eigenvalue weighted by molar-refractivity contribution is 5.85. The van der Waals surface area contributed by atoms with Crippen molar-refractivity contribution in [3.8, 4) is 0 Å². The average Bonchev–Trinajstić information content (AvgIpc) is 2.35. The standard InChI is InChI=1S/C13H23NO4/c1-8(2)11(13(16)17)14-12(15)9(3)10-4-6-18-7-5-10/h8-11H,4-7H2,1-3H3,(H,14,15)(H,16,17)/t9?,11-/m1/s1. The lowest BCUT2D eigenvalue weighted by Gasteiger charge is -2.28. The summed E-state index contributed by atoms with van der Waals surface area (Å²) in [7, 11) is 0. The topological polar surface area (TPSA) is 75.6 Å². The first-order chi connectivity index (χ1) is 8.43. The molecule has 18 heavy (non-hydrogen) atoms. The number of aliphatic carboxylic acids is 1. The van der Waals surface area contributed by atoms with Crippen LogP contribution in [0.3, 0.4) is 0 Å². The molecule has 0 aromatic heterocycles. The summed E-state index contributed by atoms with van der Waals surface area (Å²) in [6.45, 7) is 6.82. The van der Waals surface area contributed by atoms with Crippen LogP contribution < -0.4 is 5.32 Å². The molecule has 2 atom stereocenters. The molecule has 0 bridgehead atoms. The number of hydrogen-bond acceptors (Lipinski definition) is 3. The van der Waals surface area contributed by atoms with E-state index in [0.29, 0.717) is 19.1 Å². The quantitative estimate of drug-likeness (QED) is 0.778. The summed E-state index contributed by atoms with van der Waals surface area (Å²) in [5.74, 6) is -1.12. The number of rotatable bonds is 5. The molecule has 0 aromatic carbocycles. The van der Waals surface area contributed by atoms with E-state index in [2.05, 4.69) is 5.32 Å². The van der Waals surface area contributed by atoms with E-state index >= 15 is 0 Å². The lowest BCUT2D eigenvalue weighted by atomic mass is 9.86. The van der Waals surface area contributed by atoms with E-state index in [-0.39, 0.29) is 17.7 Å². The number of carbonyl (C=O) groups excluding carboxylic acids is 1. The van der Waals surface area contributed by atoms with E-state index in [0.717, 1.165) is 12.8 Å². The minimum Gasteiger partial charge on any atom is -0.480 e. The molecule has 1 fully saturated rings. The molecule has 1 unspecified atom stereocenters. The SMILES string of the molecule is CC(C(=O)N[C@@H](C(=O)O)C(C)C)C1CCOCC1. The monoisotopic (exact) mass is 257 g/mol. The van der Waals surface area contributed by atoms with Crippen molar-refractivity contribution in [2.75, 3.05) is 13.2 Å². The lowest BCUT2D eigenvalue weighted by molar-refractivity contribution is -0.144. The van der Waals surface area contributed by atoms with E-state index in [1.165, 1.54) is 0 Å². The van der Waals surface area contributed by atoms with Crippen LogP contribution >= 0.6 is 0 Å². The third-order valence-electron chi connectivity index (χ3n) is 3.62. The minimum atomic E-state index is -0.975. The highest BCUT2D eigenvalue weighted by atomic mass is 16.5. The maximum atomic E-state index is 12.0. The Morgan fingerprint density at radius 3 is 2.22 bits per heavy atom. The first kappa shape index (κ1) is 15.0. The van der Waals surface area contributed by atoms with E-state index < -0.39 is 12.0 Å². The van der Waals surface area contributed by atoms with Crippen LogP contribution in [-0.2, 0) is 14.3 Å². The van der Waals surface area contributed by atoms with Crippen LogP contribution in [-0.4, -0.2) is 36.2 Å². The van der Waals surface area contributed by atoms with Gasteiger partial charge in [-0.2, -0.15) is 0 Å². The maximum absolute atomic E-state index is 12.0. The second-order valence-electron chi connectivity index (χ2n) is 5.31. The fourth-order valence-corrected chi connectivity index (χ4v) is 2.23. The fraction of sp³-hybridized carbons (Fsp3) is 0.846. The Kier molecular flexibility index (Phi) is 5.59. The lowest BCUT2D eigenvalue weighted by Crippen LogP contribution is -2.47. The number of hydrogen-bond donors (Lipinski definition) is 2. The Morgan fingerprint density at radius 2 is 1.78 bits per heavy atom. The van der Waals surface area contributed by atoms with E-state index in [1.54, 1.807) is 13.8 Å². The molecule has 1 saturated heterocycles. The van der Waals surface area contributed by atoms with Gasteiger partial charge in [-0.25, -0.2) is 4.79 Å². The Morgan fingerprint density at radius 1 is 1.22 bits per heavy atom. The van der Waals surface area contributed by atoms with Gasteiger partial charge in [0, 0.05) is 19.1 Å². The zero-order valence-corrected chi connectivity index (χ0v) is 11.3. The predicted octanol–water partition coefficient (Wildman–Crippen LogP) is 1.27. The van der Waals surface area contributed by atoms with Gasteiger partial charge in [0.05, 0.1) is 0 Å². The smallest absolute Gasteiger partial charge is 0.326 e. The number of ether oxygens (including phenoxy) is 1. The van der Waals surface area contributed by atoms with E-state index in [9.17, 15) is 9.59 Å². The first-order valence-electron chi connectivity index (χ1n) is 6.54. The Hall–Kier alpha value is -1.10. The summed E-state index contributed by atoms with van der Waals surface area (Å²) >= 11 is 0. The average molecular weight is 257 g/mol. The molecule has 0 aromatic rings. The van der Waals surface area contributed by atoms with Gasteiger partial charge in [0.15, 0.2) is 0 Å². The molecule has 0 radical (unpaired) electrons. The first-order valence-corrected chi connectivity index (χ1v) is 6.54. The summed E-state index contributed by atoms with van der Waals surface area (Å²) in [5, 5.41) is 11.7. The van der Waals surface area contributed by atoms with Gasteiger partial charge in [-0.1, -0.05) is 20.8 Å². The number of nitrogens with one attached hydrogen (secondary N) is 1. The van der Waals surface area contributed by atoms with E-state index in [4.69, 9.17) is 9.84 Å². The maximum Gasteiger partial charge on any atom is 0.326 e. The molecule has 1 amide bonds. The van der Waals surface area contributed by atoms with Gasteiger partial charge < -0.3 is 15.2 Å². The van der Waals surface area contributed by atoms with Crippen LogP contribution in [0.15, 0.2) is 0 Å². The van der Waals surface area contributed by atoms with Crippen molar-refractivity contribution in [2.24, 2.45) is 17.8 Å². The Balaban J connectivity index is 2.54. The van der Waals surface area contributed by atoms with Crippen molar-refractivity contribution in [1.29, 1.82) is 0 Å². The summed E-state index contributed by atoms with van der Waals surface area (Å²) in [4.78, 5) is 23.1. The number of carbonyl (C=O) groups is 2. The van der Waals surface area contributed by atoms with Gasteiger partial charge in [-0.3, -0.25) is 4.79 Å². The highest BCUT2D eigenvalue weighted by Gasteiger charge is 2.30. The molecule has 2 N–H and O–H groups in total. The van der Waals surface area contributed by atoms with Gasteiger partial charge in [-0.15, -0.1) is 0 Å². The third kappa shape index (κ3) is 3.98.